The van der Waals surface area contributed by atoms with E-state index in [0.29, 0.717) is 18.8 Å². The fraction of sp³-hybridized carbons (Fsp3) is 0.231. The van der Waals surface area contributed by atoms with Crippen molar-refractivity contribution in [3.8, 4) is 23.0 Å². The highest BCUT2D eigenvalue weighted by Gasteiger charge is 2.19. The van der Waals surface area contributed by atoms with Gasteiger partial charge in [-0.05, 0) is 47.5 Å². The molecule has 0 unspecified atom stereocenters. The Morgan fingerprint density at radius 1 is 0.735 bits per heavy atom. The van der Waals surface area contributed by atoms with Crippen LogP contribution in [0.3, 0.4) is 0 Å². The standard InChI is InChI=1S/C26H27NO7/c1-31-20-8-4-18(5-9-20)15-27(16-19-6-10-21(32-2)11-7-19)25(28)17-34-24-14-22(33-3)12-13-23(24)26(29)30/h4-14H,15-17H2,1-3H3,(H,29,30). The summed E-state index contributed by atoms with van der Waals surface area (Å²) in [7, 11) is 4.65. The summed E-state index contributed by atoms with van der Waals surface area (Å²) in [4.78, 5) is 26.4. The minimum Gasteiger partial charge on any atom is -0.497 e. The lowest BCUT2D eigenvalue weighted by molar-refractivity contribution is -0.134. The molecule has 0 aliphatic heterocycles. The number of rotatable bonds is 11. The summed E-state index contributed by atoms with van der Waals surface area (Å²) in [5.41, 5.74) is 1.77. The molecule has 0 aromatic heterocycles. The van der Waals surface area contributed by atoms with Crippen molar-refractivity contribution in [1.82, 2.24) is 4.90 Å². The molecule has 0 bridgehead atoms. The second-order valence-electron chi connectivity index (χ2n) is 7.40. The first-order valence-electron chi connectivity index (χ1n) is 10.5. The minimum atomic E-state index is -1.15. The van der Waals surface area contributed by atoms with Gasteiger partial charge in [-0.3, -0.25) is 4.79 Å². The van der Waals surface area contributed by atoms with Gasteiger partial charge in [0.05, 0.1) is 21.3 Å². The van der Waals surface area contributed by atoms with Crippen LogP contribution in [0, 0.1) is 0 Å². The molecule has 3 rings (SSSR count). The molecule has 3 aromatic carbocycles. The van der Waals surface area contributed by atoms with Crippen LogP contribution >= 0.6 is 0 Å². The van der Waals surface area contributed by atoms with E-state index >= 15 is 0 Å². The van der Waals surface area contributed by atoms with E-state index in [9.17, 15) is 14.7 Å². The molecule has 0 fully saturated rings. The number of nitrogens with zero attached hydrogens (tertiary/aromatic N) is 1. The van der Waals surface area contributed by atoms with Crippen molar-refractivity contribution in [3.63, 3.8) is 0 Å². The third-order valence-electron chi connectivity index (χ3n) is 5.19. The zero-order chi connectivity index (χ0) is 24.5. The van der Waals surface area contributed by atoms with Crippen molar-refractivity contribution in [2.45, 2.75) is 13.1 Å². The van der Waals surface area contributed by atoms with Gasteiger partial charge in [-0.15, -0.1) is 0 Å². The van der Waals surface area contributed by atoms with Gasteiger partial charge in [0, 0.05) is 19.2 Å². The number of hydrogen-bond acceptors (Lipinski definition) is 6. The second-order valence-corrected chi connectivity index (χ2v) is 7.40. The van der Waals surface area contributed by atoms with Gasteiger partial charge in [-0.1, -0.05) is 24.3 Å². The van der Waals surface area contributed by atoms with Crippen LogP contribution < -0.4 is 18.9 Å². The lowest BCUT2D eigenvalue weighted by Crippen LogP contribution is -2.34. The summed E-state index contributed by atoms with van der Waals surface area (Å²) in [6.45, 7) is 0.337. The van der Waals surface area contributed by atoms with Crippen LogP contribution in [0.5, 0.6) is 23.0 Å². The summed E-state index contributed by atoms with van der Waals surface area (Å²) in [6, 6.07) is 19.2. The van der Waals surface area contributed by atoms with Gasteiger partial charge in [0.1, 0.15) is 28.6 Å². The molecule has 0 aliphatic carbocycles. The molecule has 178 valence electrons. The number of carbonyl (C=O) groups excluding carboxylic acids is 1. The van der Waals surface area contributed by atoms with Crippen LogP contribution in [-0.2, 0) is 17.9 Å². The molecule has 0 heterocycles. The summed E-state index contributed by atoms with van der Waals surface area (Å²) in [6.07, 6.45) is 0. The maximum atomic E-state index is 13.2. The number of ether oxygens (including phenoxy) is 4. The number of methoxy groups -OCH3 is 3. The van der Waals surface area contributed by atoms with Crippen molar-refractivity contribution in [2.24, 2.45) is 0 Å². The summed E-state index contributed by atoms with van der Waals surface area (Å²) >= 11 is 0. The Hall–Kier alpha value is -4.20. The predicted molar refractivity (Wildman–Crippen MR) is 126 cm³/mol. The van der Waals surface area contributed by atoms with E-state index in [-0.39, 0.29) is 23.8 Å². The quantitative estimate of drug-likeness (QED) is 0.457. The number of aromatic carboxylic acids is 1. The number of carboxylic acid groups (broad SMARTS) is 1. The van der Waals surface area contributed by atoms with Crippen molar-refractivity contribution in [2.75, 3.05) is 27.9 Å². The van der Waals surface area contributed by atoms with E-state index in [1.807, 2.05) is 48.5 Å². The largest absolute Gasteiger partial charge is 0.497 e. The third kappa shape index (κ3) is 6.41. The average molecular weight is 466 g/mol. The zero-order valence-electron chi connectivity index (χ0n) is 19.3. The van der Waals surface area contributed by atoms with E-state index in [1.165, 1.54) is 25.3 Å². The molecular formula is C26H27NO7. The molecule has 0 atom stereocenters. The normalized spacial score (nSPS) is 10.3. The molecule has 1 N–H and O–H groups in total. The minimum absolute atomic E-state index is 0.0505. The number of amides is 1. The first kappa shape index (κ1) is 24.4. The lowest BCUT2D eigenvalue weighted by Gasteiger charge is -2.24. The highest BCUT2D eigenvalue weighted by atomic mass is 16.5. The molecule has 0 saturated carbocycles. The molecule has 8 heteroatoms. The Morgan fingerprint density at radius 2 is 1.21 bits per heavy atom. The van der Waals surface area contributed by atoms with Gasteiger partial charge in [0.15, 0.2) is 6.61 Å². The Balaban J connectivity index is 1.79. The fourth-order valence-corrected chi connectivity index (χ4v) is 3.29. The van der Waals surface area contributed by atoms with E-state index in [2.05, 4.69) is 0 Å². The van der Waals surface area contributed by atoms with Gasteiger partial charge in [0.25, 0.3) is 5.91 Å². The van der Waals surface area contributed by atoms with Gasteiger partial charge in [-0.25, -0.2) is 4.79 Å². The van der Waals surface area contributed by atoms with Gasteiger partial charge in [-0.2, -0.15) is 0 Å². The first-order chi connectivity index (χ1) is 16.4. The van der Waals surface area contributed by atoms with Crippen LogP contribution in [0.15, 0.2) is 66.7 Å². The number of carboxylic acids is 1. The maximum absolute atomic E-state index is 13.2. The molecular weight excluding hydrogens is 438 g/mol. The highest BCUT2D eigenvalue weighted by Crippen LogP contribution is 2.25. The highest BCUT2D eigenvalue weighted by molar-refractivity contribution is 5.91. The molecule has 1 amide bonds. The smallest absolute Gasteiger partial charge is 0.339 e. The Labute approximate surface area is 198 Å². The summed E-state index contributed by atoms with van der Waals surface area (Å²) < 4.78 is 21.2. The average Bonchev–Trinajstić information content (AvgIpc) is 2.87. The Bertz CT molecular complexity index is 1060. The van der Waals surface area contributed by atoms with Gasteiger partial charge >= 0.3 is 5.97 Å². The maximum Gasteiger partial charge on any atom is 0.339 e. The molecule has 0 aliphatic rings. The van der Waals surface area contributed by atoms with E-state index in [0.717, 1.165) is 22.6 Å². The second kappa shape index (κ2) is 11.6. The monoisotopic (exact) mass is 465 g/mol. The molecule has 0 radical (unpaired) electrons. The molecule has 8 nitrogen and oxygen atoms in total. The van der Waals surface area contributed by atoms with Crippen molar-refractivity contribution < 1.29 is 33.6 Å². The molecule has 34 heavy (non-hydrogen) atoms. The van der Waals surface area contributed by atoms with E-state index in [1.54, 1.807) is 19.1 Å². The van der Waals surface area contributed by atoms with Crippen LogP contribution in [0.25, 0.3) is 0 Å². The fourth-order valence-electron chi connectivity index (χ4n) is 3.29. The van der Waals surface area contributed by atoms with Crippen molar-refractivity contribution in [1.29, 1.82) is 0 Å². The van der Waals surface area contributed by atoms with Crippen LogP contribution in [0.4, 0.5) is 0 Å². The number of hydrogen-bond donors (Lipinski definition) is 1. The van der Waals surface area contributed by atoms with Crippen LogP contribution in [0.2, 0.25) is 0 Å². The van der Waals surface area contributed by atoms with Crippen molar-refractivity contribution >= 4 is 11.9 Å². The van der Waals surface area contributed by atoms with Gasteiger partial charge in [0.2, 0.25) is 0 Å². The third-order valence-corrected chi connectivity index (χ3v) is 5.19. The van der Waals surface area contributed by atoms with Crippen LogP contribution in [0.1, 0.15) is 21.5 Å². The zero-order valence-corrected chi connectivity index (χ0v) is 19.3. The van der Waals surface area contributed by atoms with Crippen LogP contribution in [-0.4, -0.2) is 49.8 Å². The molecule has 0 spiro atoms. The lowest BCUT2D eigenvalue weighted by atomic mass is 10.1. The summed E-state index contributed by atoms with van der Waals surface area (Å²) in [5, 5.41) is 9.44. The number of benzene rings is 3. The SMILES string of the molecule is COc1ccc(CN(Cc2ccc(OC)cc2)C(=O)COc2cc(OC)ccc2C(=O)O)cc1. The molecule has 0 saturated heterocycles. The van der Waals surface area contributed by atoms with E-state index < -0.39 is 5.97 Å². The topological polar surface area (TPSA) is 94.5 Å². The first-order valence-corrected chi connectivity index (χ1v) is 10.5. The molecule has 3 aromatic rings. The Kier molecular flexibility index (Phi) is 8.34. The van der Waals surface area contributed by atoms with Gasteiger partial charge < -0.3 is 29.0 Å². The van der Waals surface area contributed by atoms with Crippen molar-refractivity contribution in [3.05, 3.63) is 83.4 Å². The van der Waals surface area contributed by atoms with E-state index in [4.69, 9.17) is 18.9 Å². The number of carbonyl (C=O) groups is 2. The summed E-state index contributed by atoms with van der Waals surface area (Å²) in [5.74, 6) is 0.484. The Morgan fingerprint density at radius 3 is 1.65 bits per heavy atom. The predicted octanol–water partition coefficient (Wildman–Crippen LogP) is 4.02.